The van der Waals surface area contributed by atoms with E-state index in [1.807, 2.05) is 11.8 Å². The van der Waals surface area contributed by atoms with Crippen molar-refractivity contribution in [2.45, 2.75) is 45.7 Å². The van der Waals surface area contributed by atoms with Crippen molar-refractivity contribution in [3.05, 3.63) is 27.2 Å². The molecular weight excluding hydrogens is 416 g/mol. The van der Waals surface area contributed by atoms with E-state index in [0.29, 0.717) is 48.3 Å². The average Bonchev–Trinajstić information content (AvgIpc) is 3.26. The highest BCUT2D eigenvalue weighted by molar-refractivity contribution is 7.17. The topological polar surface area (TPSA) is 126 Å². The summed E-state index contributed by atoms with van der Waals surface area (Å²) in [5.74, 6) is -0.491. The fraction of sp³-hybridized carbons (Fsp3) is 0.556. The van der Waals surface area contributed by atoms with Crippen molar-refractivity contribution >= 4 is 39.9 Å². The van der Waals surface area contributed by atoms with Crippen molar-refractivity contribution in [3.8, 4) is 0 Å². The lowest BCUT2D eigenvalue weighted by atomic mass is 10.0. The van der Waals surface area contributed by atoms with E-state index < -0.39 is 0 Å². The molecule has 2 aromatic heterocycles. The van der Waals surface area contributed by atoms with Gasteiger partial charge in [-0.15, -0.1) is 0 Å². The van der Waals surface area contributed by atoms with Gasteiger partial charge in [-0.1, -0.05) is 29.9 Å². The van der Waals surface area contributed by atoms with Crippen LogP contribution in [0.5, 0.6) is 0 Å². The lowest BCUT2D eigenvalue weighted by Crippen LogP contribution is -2.58. The van der Waals surface area contributed by atoms with Gasteiger partial charge in [0.25, 0.3) is 5.91 Å². The molecule has 1 aliphatic rings. The van der Waals surface area contributed by atoms with Gasteiger partial charge in [-0.2, -0.15) is 0 Å². The average molecular weight is 441 g/mol. The maximum atomic E-state index is 12.5. The largest absolute Gasteiger partial charge is 0.462 e. The van der Waals surface area contributed by atoms with E-state index in [-0.39, 0.29) is 29.8 Å². The number of carbonyl (C=O) groups excluding carboxylic acids is 2. The van der Waals surface area contributed by atoms with Crippen molar-refractivity contribution in [2.75, 3.05) is 24.6 Å². The summed E-state index contributed by atoms with van der Waals surface area (Å²) in [6, 6.07) is -0.489. The van der Waals surface area contributed by atoms with Crippen LogP contribution in [0.3, 0.4) is 0 Å². The molecule has 3 heterocycles. The second-order valence-electron chi connectivity index (χ2n) is 6.82. The molecule has 11 heteroatoms. The molecule has 1 saturated heterocycles. The summed E-state index contributed by atoms with van der Waals surface area (Å²) >= 11 is 7.31. The number of H-pyrrole nitrogens is 1. The number of anilines is 1. The van der Waals surface area contributed by atoms with E-state index in [1.165, 1.54) is 11.3 Å². The number of aryl methyl sites for hydroxylation is 2. The number of aromatic amines is 1. The number of piperidine rings is 1. The molecule has 0 spiro atoms. The summed E-state index contributed by atoms with van der Waals surface area (Å²) in [6.07, 6.45) is 1.31. The molecule has 0 saturated carbocycles. The van der Waals surface area contributed by atoms with Crippen molar-refractivity contribution in [1.82, 2.24) is 20.3 Å². The van der Waals surface area contributed by atoms with E-state index in [4.69, 9.17) is 22.1 Å². The number of carbonyl (C=O) groups is 2. The van der Waals surface area contributed by atoms with Crippen LogP contribution in [0.25, 0.3) is 0 Å². The van der Waals surface area contributed by atoms with E-state index in [9.17, 15) is 9.59 Å². The predicted octanol–water partition coefficient (Wildman–Crippen LogP) is 1.90. The summed E-state index contributed by atoms with van der Waals surface area (Å²) in [4.78, 5) is 38.6. The molecule has 29 heavy (non-hydrogen) atoms. The van der Waals surface area contributed by atoms with Gasteiger partial charge in [0.1, 0.15) is 4.88 Å². The number of imidazole rings is 1. The van der Waals surface area contributed by atoms with Crippen molar-refractivity contribution in [1.29, 1.82) is 0 Å². The van der Waals surface area contributed by atoms with Gasteiger partial charge < -0.3 is 25.7 Å². The number of hydrogen-bond donors (Lipinski definition) is 3. The number of nitrogens with zero attached hydrogens (tertiary/aromatic N) is 3. The molecule has 2 atom stereocenters. The third-order valence-corrected chi connectivity index (χ3v) is 6.30. The van der Waals surface area contributed by atoms with Crippen LogP contribution in [0.2, 0.25) is 5.15 Å². The van der Waals surface area contributed by atoms with E-state index in [0.717, 1.165) is 10.8 Å². The fourth-order valence-electron chi connectivity index (χ4n) is 3.21. The molecule has 0 unspecified atom stereocenters. The zero-order chi connectivity index (χ0) is 21.1. The van der Waals surface area contributed by atoms with Gasteiger partial charge in [-0.05, 0) is 26.7 Å². The standard InChI is InChI=1S/C18H25ClN6O3S/c1-4-11-14(19)24-15(22-11)16(26)23-12-6-7-25(8-10(12)20)18-21-9(3)13(29-18)17(27)28-5-2/h10,12H,4-8,20H2,1-3H3,(H,22,24)(H,23,26)/t10-,12-/m1/s1. The lowest BCUT2D eigenvalue weighted by Gasteiger charge is -2.36. The first kappa shape index (κ1) is 21.5. The molecule has 0 radical (unpaired) electrons. The summed E-state index contributed by atoms with van der Waals surface area (Å²) in [5.41, 5.74) is 7.70. The first-order chi connectivity index (χ1) is 13.8. The summed E-state index contributed by atoms with van der Waals surface area (Å²) < 4.78 is 5.07. The Labute approximate surface area is 178 Å². The Bertz CT molecular complexity index is 898. The van der Waals surface area contributed by atoms with Crippen molar-refractivity contribution < 1.29 is 14.3 Å². The second-order valence-corrected chi connectivity index (χ2v) is 8.15. The van der Waals surface area contributed by atoms with E-state index in [1.54, 1.807) is 13.8 Å². The van der Waals surface area contributed by atoms with Gasteiger partial charge in [0.05, 0.1) is 18.0 Å². The number of amides is 1. The maximum absolute atomic E-state index is 12.5. The first-order valence-corrected chi connectivity index (χ1v) is 10.7. The molecule has 1 aliphatic heterocycles. The van der Waals surface area contributed by atoms with E-state index in [2.05, 4.69) is 20.3 Å². The van der Waals surface area contributed by atoms with Gasteiger partial charge >= 0.3 is 5.97 Å². The number of rotatable bonds is 6. The van der Waals surface area contributed by atoms with Gasteiger partial charge in [-0.3, -0.25) is 4.79 Å². The van der Waals surface area contributed by atoms with Crippen LogP contribution >= 0.6 is 22.9 Å². The zero-order valence-electron chi connectivity index (χ0n) is 16.6. The van der Waals surface area contributed by atoms with Gasteiger partial charge in [-0.25, -0.2) is 14.8 Å². The molecule has 2 aromatic rings. The van der Waals surface area contributed by atoms with Crippen molar-refractivity contribution in [3.63, 3.8) is 0 Å². The molecular formula is C18H25ClN6O3S. The fourth-order valence-corrected chi connectivity index (χ4v) is 4.47. The Morgan fingerprint density at radius 2 is 2.17 bits per heavy atom. The SMILES string of the molecule is CCOC(=O)c1sc(N2CC[C@@H](NC(=O)c3nc(Cl)c(CC)[nH]3)[C@H](N)C2)nc1C. The normalized spacial score (nSPS) is 19.3. The minimum Gasteiger partial charge on any atom is -0.462 e. The Morgan fingerprint density at radius 1 is 1.41 bits per heavy atom. The minimum atomic E-state index is -0.358. The highest BCUT2D eigenvalue weighted by Crippen LogP contribution is 2.29. The Kier molecular flexibility index (Phi) is 6.76. The molecule has 9 nitrogen and oxygen atoms in total. The van der Waals surface area contributed by atoms with Crippen LogP contribution in [-0.2, 0) is 11.2 Å². The molecule has 3 rings (SSSR count). The Balaban J connectivity index is 1.62. The number of thiazole rings is 1. The van der Waals surface area contributed by atoms with Crippen LogP contribution in [0, 0.1) is 6.92 Å². The van der Waals surface area contributed by atoms with Gasteiger partial charge in [0.2, 0.25) is 0 Å². The van der Waals surface area contributed by atoms with Gasteiger partial charge in [0.15, 0.2) is 16.1 Å². The molecule has 0 aliphatic carbocycles. The number of halogens is 1. The Hall–Kier alpha value is -2.17. The number of ether oxygens (including phenoxy) is 1. The van der Waals surface area contributed by atoms with Crippen LogP contribution in [0.1, 0.15) is 51.9 Å². The van der Waals surface area contributed by atoms with Crippen LogP contribution in [-0.4, -0.2) is 58.6 Å². The number of nitrogens with one attached hydrogen (secondary N) is 2. The number of nitrogens with two attached hydrogens (primary N) is 1. The predicted molar refractivity (Wildman–Crippen MR) is 112 cm³/mol. The molecule has 0 aromatic carbocycles. The molecule has 1 amide bonds. The monoisotopic (exact) mass is 440 g/mol. The van der Waals surface area contributed by atoms with Crippen LogP contribution in [0.4, 0.5) is 5.13 Å². The quantitative estimate of drug-likeness (QED) is 0.585. The molecule has 0 bridgehead atoms. The zero-order valence-corrected chi connectivity index (χ0v) is 18.2. The lowest BCUT2D eigenvalue weighted by molar-refractivity contribution is 0.0531. The molecule has 4 N–H and O–H groups in total. The van der Waals surface area contributed by atoms with Crippen LogP contribution in [0.15, 0.2) is 0 Å². The number of hydrogen-bond acceptors (Lipinski definition) is 8. The third kappa shape index (κ3) is 4.71. The summed E-state index contributed by atoms with van der Waals surface area (Å²) in [6.45, 7) is 6.99. The first-order valence-electron chi connectivity index (χ1n) is 9.54. The molecule has 158 valence electrons. The summed E-state index contributed by atoms with van der Waals surface area (Å²) in [5, 5.41) is 3.98. The summed E-state index contributed by atoms with van der Waals surface area (Å²) in [7, 11) is 0. The smallest absolute Gasteiger partial charge is 0.350 e. The highest BCUT2D eigenvalue weighted by Gasteiger charge is 2.31. The molecule has 1 fully saturated rings. The highest BCUT2D eigenvalue weighted by atomic mass is 35.5. The number of aromatic nitrogens is 3. The maximum Gasteiger partial charge on any atom is 0.350 e. The van der Waals surface area contributed by atoms with Crippen molar-refractivity contribution in [2.24, 2.45) is 5.73 Å². The Morgan fingerprint density at radius 3 is 2.79 bits per heavy atom. The second kappa shape index (κ2) is 9.10. The van der Waals surface area contributed by atoms with Crippen LogP contribution < -0.4 is 16.0 Å². The minimum absolute atomic E-state index is 0.191. The third-order valence-electron chi connectivity index (χ3n) is 4.79. The number of esters is 1. The van der Waals surface area contributed by atoms with E-state index >= 15 is 0 Å². The van der Waals surface area contributed by atoms with Gasteiger partial charge in [0, 0.05) is 25.2 Å².